The summed E-state index contributed by atoms with van der Waals surface area (Å²) >= 11 is 4.88. The minimum Gasteiger partial charge on any atom is -0.300 e. The first-order valence-corrected chi connectivity index (χ1v) is 11.3. The molecule has 2 unspecified atom stereocenters. The molecule has 32 heavy (non-hydrogen) atoms. The van der Waals surface area contributed by atoms with Gasteiger partial charge in [0.15, 0.2) is 0 Å². The second kappa shape index (κ2) is 7.35. The summed E-state index contributed by atoms with van der Waals surface area (Å²) in [7, 11) is 0. The van der Waals surface area contributed by atoms with E-state index in [-0.39, 0.29) is 22.7 Å². The molecule has 2 aliphatic heterocycles. The van der Waals surface area contributed by atoms with Crippen LogP contribution in [0.1, 0.15) is 37.2 Å². The lowest BCUT2D eigenvalue weighted by Gasteiger charge is -2.49. The maximum atomic E-state index is 13.3. The molecule has 3 aromatic rings. The van der Waals surface area contributed by atoms with Crippen molar-refractivity contribution in [1.29, 1.82) is 0 Å². The smallest absolute Gasteiger partial charge is 0.270 e. The zero-order chi connectivity index (χ0) is 22.7. The van der Waals surface area contributed by atoms with Gasteiger partial charge in [0, 0.05) is 27.2 Å². The van der Waals surface area contributed by atoms with Crippen LogP contribution in [0.2, 0.25) is 0 Å². The average molecular weight is 512 g/mol. The molecule has 5 rings (SSSR count). The highest BCUT2D eigenvalue weighted by Crippen LogP contribution is 2.46. The van der Waals surface area contributed by atoms with Crippen molar-refractivity contribution in [3.63, 3.8) is 0 Å². The first-order valence-electron chi connectivity index (χ1n) is 9.58. The molecular formula is C22H14BrN3O5S. The Bertz CT molecular complexity index is 1320. The van der Waals surface area contributed by atoms with E-state index >= 15 is 0 Å². The molecule has 0 N–H and O–H groups in total. The summed E-state index contributed by atoms with van der Waals surface area (Å²) in [5.41, 5.74) is 1.33. The minimum absolute atomic E-state index is 0.0557. The van der Waals surface area contributed by atoms with Gasteiger partial charge in [0.1, 0.15) is 12.1 Å². The third-order valence-electron chi connectivity index (χ3n) is 5.71. The second-order valence-corrected chi connectivity index (χ2v) is 9.35. The molecule has 1 aromatic heterocycles. The van der Waals surface area contributed by atoms with Crippen LogP contribution in [-0.4, -0.2) is 33.6 Å². The Morgan fingerprint density at radius 2 is 1.72 bits per heavy atom. The number of amides is 3. The first kappa shape index (κ1) is 20.5. The van der Waals surface area contributed by atoms with E-state index in [2.05, 4.69) is 15.9 Å². The number of aryl methyl sites for hydroxylation is 1. The Morgan fingerprint density at radius 1 is 0.969 bits per heavy atom. The van der Waals surface area contributed by atoms with Crippen molar-refractivity contribution in [3.8, 4) is 0 Å². The molecule has 3 heterocycles. The number of non-ortho nitro benzene ring substituents is 1. The SMILES string of the molecule is Cc1cc(N2C(=O)C(N3C(=O)c4ccc([N+](=O)[O-])cc4C3=O)C2c2cccs2)ccc1Br. The Balaban J connectivity index is 1.56. The third kappa shape index (κ3) is 2.90. The number of carbonyl (C=O) groups is 3. The molecule has 0 radical (unpaired) electrons. The molecule has 1 fully saturated rings. The number of imide groups is 1. The Labute approximate surface area is 194 Å². The number of benzene rings is 2. The molecular weight excluding hydrogens is 498 g/mol. The van der Waals surface area contributed by atoms with Crippen LogP contribution in [0.3, 0.4) is 0 Å². The monoisotopic (exact) mass is 511 g/mol. The van der Waals surface area contributed by atoms with Gasteiger partial charge in [-0.3, -0.25) is 34.3 Å². The normalized spacial score (nSPS) is 19.9. The molecule has 0 saturated carbocycles. The van der Waals surface area contributed by atoms with Gasteiger partial charge in [0.2, 0.25) is 0 Å². The fraction of sp³-hybridized carbons (Fsp3) is 0.136. The summed E-state index contributed by atoms with van der Waals surface area (Å²) < 4.78 is 0.903. The summed E-state index contributed by atoms with van der Waals surface area (Å²) in [4.78, 5) is 53.4. The van der Waals surface area contributed by atoms with Crippen LogP contribution in [0.5, 0.6) is 0 Å². The number of hydrogen-bond donors (Lipinski definition) is 0. The van der Waals surface area contributed by atoms with Gasteiger partial charge in [-0.1, -0.05) is 22.0 Å². The van der Waals surface area contributed by atoms with E-state index in [1.165, 1.54) is 23.5 Å². The predicted molar refractivity (Wildman–Crippen MR) is 121 cm³/mol. The average Bonchev–Trinajstić information content (AvgIpc) is 3.37. The molecule has 2 aromatic carbocycles. The Morgan fingerprint density at radius 3 is 2.38 bits per heavy atom. The lowest BCUT2D eigenvalue weighted by atomic mass is 9.90. The second-order valence-electron chi connectivity index (χ2n) is 7.51. The van der Waals surface area contributed by atoms with Crippen molar-refractivity contribution in [3.05, 3.63) is 90.1 Å². The molecule has 0 aliphatic carbocycles. The van der Waals surface area contributed by atoms with Crippen LogP contribution in [0, 0.1) is 17.0 Å². The molecule has 1 saturated heterocycles. The minimum atomic E-state index is -1.02. The van der Waals surface area contributed by atoms with Gasteiger partial charge in [-0.2, -0.15) is 0 Å². The number of nitro groups is 1. The molecule has 2 aliphatic rings. The highest BCUT2D eigenvalue weighted by Gasteiger charge is 2.57. The van der Waals surface area contributed by atoms with Crippen molar-refractivity contribution in [2.24, 2.45) is 0 Å². The van der Waals surface area contributed by atoms with E-state index in [1.807, 2.05) is 36.6 Å². The van der Waals surface area contributed by atoms with Gasteiger partial charge >= 0.3 is 0 Å². The standard InChI is InChI=1S/C22H14BrN3O5S/c1-11-9-12(5-7-16(11)23)24-18(17-3-2-8-32-17)19(22(24)29)25-20(27)14-6-4-13(26(30)31)10-15(14)21(25)28/h2-10,18-19H,1H3. The van der Waals surface area contributed by atoms with Crippen molar-refractivity contribution >= 4 is 56.4 Å². The predicted octanol–water partition coefficient (Wildman–Crippen LogP) is 4.48. The fourth-order valence-corrected chi connectivity index (χ4v) is 5.24. The number of carbonyl (C=O) groups excluding carboxylic acids is 3. The van der Waals surface area contributed by atoms with Crippen molar-refractivity contribution < 1.29 is 19.3 Å². The van der Waals surface area contributed by atoms with E-state index in [9.17, 15) is 24.5 Å². The maximum absolute atomic E-state index is 13.3. The third-order valence-corrected chi connectivity index (χ3v) is 7.55. The quantitative estimate of drug-likeness (QED) is 0.222. The van der Waals surface area contributed by atoms with Crippen molar-refractivity contribution in [2.45, 2.75) is 19.0 Å². The van der Waals surface area contributed by atoms with Gasteiger partial charge in [-0.25, -0.2) is 0 Å². The molecule has 10 heteroatoms. The number of rotatable bonds is 4. The molecule has 160 valence electrons. The lowest BCUT2D eigenvalue weighted by molar-refractivity contribution is -0.384. The molecule has 0 spiro atoms. The number of nitro benzene ring substituents is 1. The van der Waals surface area contributed by atoms with Gasteiger partial charge in [0.25, 0.3) is 23.4 Å². The lowest BCUT2D eigenvalue weighted by Crippen LogP contribution is -2.67. The van der Waals surface area contributed by atoms with E-state index in [1.54, 1.807) is 11.0 Å². The Kier molecular flexibility index (Phi) is 4.72. The molecule has 8 nitrogen and oxygen atoms in total. The van der Waals surface area contributed by atoms with Crippen molar-refractivity contribution in [1.82, 2.24) is 4.90 Å². The van der Waals surface area contributed by atoms with Crippen LogP contribution < -0.4 is 4.90 Å². The van der Waals surface area contributed by atoms with Gasteiger partial charge in [-0.15, -0.1) is 11.3 Å². The number of nitrogens with zero attached hydrogens (tertiary/aromatic N) is 3. The maximum Gasteiger partial charge on any atom is 0.270 e. The summed E-state index contributed by atoms with van der Waals surface area (Å²) in [6.45, 7) is 1.91. The highest BCUT2D eigenvalue weighted by atomic mass is 79.9. The summed E-state index contributed by atoms with van der Waals surface area (Å²) in [5, 5.41) is 13.0. The zero-order valence-corrected chi connectivity index (χ0v) is 18.9. The number of anilines is 1. The van der Waals surface area contributed by atoms with Gasteiger partial charge < -0.3 is 0 Å². The van der Waals surface area contributed by atoms with Crippen LogP contribution in [0.4, 0.5) is 11.4 Å². The van der Waals surface area contributed by atoms with Gasteiger partial charge in [-0.05, 0) is 48.2 Å². The zero-order valence-electron chi connectivity index (χ0n) is 16.5. The van der Waals surface area contributed by atoms with E-state index in [0.717, 1.165) is 25.9 Å². The number of β-lactam (4-membered cyclic amide) rings is 1. The summed E-state index contributed by atoms with van der Waals surface area (Å²) in [6.07, 6.45) is 0. The van der Waals surface area contributed by atoms with Crippen LogP contribution in [0.15, 0.2) is 58.4 Å². The number of fused-ring (bicyclic) bond motifs is 1. The summed E-state index contributed by atoms with van der Waals surface area (Å²) in [6, 6.07) is 11.2. The fourth-order valence-electron chi connectivity index (χ4n) is 4.15. The topological polar surface area (TPSA) is 101 Å². The highest BCUT2D eigenvalue weighted by molar-refractivity contribution is 9.10. The van der Waals surface area contributed by atoms with Crippen LogP contribution >= 0.6 is 27.3 Å². The number of thiophene rings is 1. The van der Waals surface area contributed by atoms with Crippen LogP contribution in [-0.2, 0) is 4.79 Å². The Hall–Kier alpha value is -3.37. The summed E-state index contributed by atoms with van der Waals surface area (Å²) in [5.74, 6) is -1.69. The molecule has 0 bridgehead atoms. The van der Waals surface area contributed by atoms with Gasteiger partial charge in [0.05, 0.1) is 16.1 Å². The van der Waals surface area contributed by atoms with E-state index < -0.39 is 28.8 Å². The van der Waals surface area contributed by atoms with E-state index in [4.69, 9.17) is 0 Å². The molecule has 3 amide bonds. The van der Waals surface area contributed by atoms with Crippen LogP contribution in [0.25, 0.3) is 0 Å². The molecule has 2 atom stereocenters. The number of hydrogen-bond acceptors (Lipinski definition) is 6. The van der Waals surface area contributed by atoms with Crippen molar-refractivity contribution in [2.75, 3.05) is 4.90 Å². The van der Waals surface area contributed by atoms with E-state index in [0.29, 0.717) is 5.69 Å². The first-order chi connectivity index (χ1) is 15.3. The number of halogens is 1. The largest absolute Gasteiger partial charge is 0.300 e.